The number of rotatable bonds is 9. The van der Waals surface area contributed by atoms with Crippen molar-refractivity contribution in [1.82, 2.24) is 10.6 Å². The van der Waals surface area contributed by atoms with E-state index in [0.29, 0.717) is 5.41 Å². The molecule has 1 aliphatic carbocycles. The van der Waals surface area contributed by atoms with Crippen LogP contribution in [0.5, 0.6) is 0 Å². The zero-order valence-corrected chi connectivity index (χ0v) is 16.5. The van der Waals surface area contributed by atoms with Crippen molar-refractivity contribution in [3.63, 3.8) is 0 Å². The third kappa shape index (κ3) is 6.10. The molecule has 1 saturated carbocycles. The lowest BCUT2D eigenvalue weighted by atomic mass is 9.67. The quantitative estimate of drug-likeness (QED) is 0.380. The Labute approximate surface area is 154 Å². The van der Waals surface area contributed by atoms with Crippen molar-refractivity contribution < 1.29 is 4.74 Å². The molecule has 5 heteroatoms. The first-order chi connectivity index (χ1) is 11.7. The van der Waals surface area contributed by atoms with Gasteiger partial charge in [0.1, 0.15) is 0 Å². The Morgan fingerprint density at radius 3 is 2.79 bits per heavy atom. The van der Waals surface area contributed by atoms with E-state index in [0.717, 1.165) is 49.4 Å². The van der Waals surface area contributed by atoms with Gasteiger partial charge in [-0.2, -0.15) is 0 Å². The second-order valence-corrected chi connectivity index (χ2v) is 7.60. The fraction of sp³-hybridized carbons (Fsp3) is 0.632. The number of guanidine groups is 1. The summed E-state index contributed by atoms with van der Waals surface area (Å²) in [5, 5.41) is 6.93. The van der Waals surface area contributed by atoms with Crippen LogP contribution < -0.4 is 10.6 Å². The molecule has 0 aromatic heterocycles. The van der Waals surface area contributed by atoms with E-state index in [1.165, 1.54) is 24.8 Å². The molecular formula is C19H30BrN3O. The van der Waals surface area contributed by atoms with Crippen LogP contribution in [0, 0.1) is 5.41 Å². The second kappa shape index (κ2) is 10.0. The Kier molecular flexibility index (Phi) is 8.06. The van der Waals surface area contributed by atoms with Gasteiger partial charge in [0.05, 0.1) is 0 Å². The van der Waals surface area contributed by atoms with E-state index >= 15 is 0 Å². The van der Waals surface area contributed by atoms with Crippen molar-refractivity contribution in [3.05, 3.63) is 34.3 Å². The van der Waals surface area contributed by atoms with Gasteiger partial charge in [-0.05, 0) is 55.2 Å². The molecule has 0 amide bonds. The normalized spacial score (nSPS) is 16.5. The highest BCUT2D eigenvalue weighted by Crippen LogP contribution is 2.43. The molecule has 24 heavy (non-hydrogen) atoms. The first kappa shape index (κ1) is 19.3. The molecule has 1 aromatic carbocycles. The fourth-order valence-corrected chi connectivity index (χ4v) is 3.64. The summed E-state index contributed by atoms with van der Waals surface area (Å²) in [6.45, 7) is 2.76. The molecule has 0 bridgehead atoms. The number of nitrogens with one attached hydrogen (secondary N) is 2. The van der Waals surface area contributed by atoms with Crippen molar-refractivity contribution in [2.75, 3.05) is 33.9 Å². The van der Waals surface area contributed by atoms with Crippen LogP contribution in [-0.2, 0) is 11.2 Å². The predicted octanol–water partition coefficient (Wildman–Crippen LogP) is 3.75. The number of halogens is 1. The molecule has 2 rings (SSSR count). The Morgan fingerprint density at radius 2 is 2.17 bits per heavy atom. The first-order valence-corrected chi connectivity index (χ1v) is 9.65. The lowest BCUT2D eigenvalue weighted by Crippen LogP contribution is -2.47. The van der Waals surface area contributed by atoms with E-state index in [1.54, 1.807) is 7.11 Å². The number of aryl methyl sites for hydroxylation is 1. The summed E-state index contributed by atoms with van der Waals surface area (Å²) in [5.74, 6) is 0.910. The van der Waals surface area contributed by atoms with E-state index < -0.39 is 0 Å². The average Bonchev–Trinajstić information content (AvgIpc) is 2.55. The highest BCUT2D eigenvalue weighted by atomic mass is 79.9. The Balaban J connectivity index is 1.67. The standard InChI is InChI=1S/C19H30BrN3O/c1-21-18(23-15-19(9-5-10-19)11-13-24-2)22-12-4-7-16-6-3-8-17(20)14-16/h3,6,8,14H,4-5,7,9-13,15H2,1-2H3,(H2,21,22,23). The van der Waals surface area contributed by atoms with Gasteiger partial charge in [0.15, 0.2) is 5.96 Å². The molecule has 0 radical (unpaired) electrons. The molecule has 1 fully saturated rings. The van der Waals surface area contributed by atoms with E-state index in [-0.39, 0.29) is 0 Å². The largest absolute Gasteiger partial charge is 0.385 e. The van der Waals surface area contributed by atoms with E-state index in [2.05, 4.69) is 55.8 Å². The van der Waals surface area contributed by atoms with Crippen molar-refractivity contribution >= 4 is 21.9 Å². The molecule has 2 N–H and O–H groups in total. The fourth-order valence-electron chi connectivity index (χ4n) is 3.19. The lowest BCUT2D eigenvalue weighted by Gasteiger charge is -2.42. The SMILES string of the molecule is CN=C(NCCCc1cccc(Br)c1)NCC1(CCOC)CCC1. The summed E-state index contributed by atoms with van der Waals surface area (Å²) in [5.41, 5.74) is 1.77. The summed E-state index contributed by atoms with van der Waals surface area (Å²) in [6.07, 6.45) is 7.22. The zero-order valence-electron chi connectivity index (χ0n) is 14.9. The predicted molar refractivity (Wildman–Crippen MR) is 105 cm³/mol. The monoisotopic (exact) mass is 395 g/mol. The van der Waals surface area contributed by atoms with Gasteiger partial charge in [-0.15, -0.1) is 0 Å². The van der Waals surface area contributed by atoms with Crippen molar-refractivity contribution in [3.8, 4) is 0 Å². The molecular weight excluding hydrogens is 366 g/mol. The number of nitrogens with zero attached hydrogens (tertiary/aromatic N) is 1. The van der Waals surface area contributed by atoms with Crippen LogP contribution in [0.15, 0.2) is 33.7 Å². The van der Waals surface area contributed by atoms with Gasteiger partial charge in [0.2, 0.25) is 0 Å². The van der Waals surface area contributed by atoms with Crippen LogP contribution in [0.4, 0.5) is 0 Å². The van der Waals surface area contributed by atoms with Crippen LogP contribution in [0.1, 0.15) is 37.7 Å². The molecule has 134 valence electrons. The van der Waals surface area contributed by atoms with E-state index in [9.17, 15) is 0 Å². The number of aliphatic imine (C=N–C) groups is 1. The maximum Gasteiger partial charge on any atom is 0.190 e. The number of methoxy groups -OCH3 is 1. The Morgan fingerprint density at radius 1 is 1.33 bits per heavy atom. The van der Waals surface area contributed by atoms with Crippen LogP contribution in [0.3, 0.4) is 0 Å². The van der Waals surface area contributed by atoms with Gasteiger partial charge in [-0.25, -0.2) is 0 Å². The minimum atomic E-state index is 0.407. The van der Waals surface area contributed by atoms with Gasteiger partial charge in [-0.3, -0.25) is 4.99 Å². The van der Waals surface area contributed by atoms with E-state index in [1.807, 2.05) is 7.05 Å². The third-order valence-corrected chi connectivity index (χ3v) is 5.42. The lowest BCUT2D eigenvalue weighted by molar-refractivity contribution is 0.0732. The average molecular weight is 396 g/mol. The van der Waals surface area contributed by atoms with Gasteiger partial charge in [-0.1, -0.05) is 34.5 Å². The number of ether oxygens (including phenoxy) is 1. The smallest absolute Gasteiger partial charge is 0.190 e. The molecule has 4 nitrogen and oxygen atoms in total. The summed E-state index contributed by atoms with van der Waals surface area (Å²) in [7, 11) is 3.62. The highest BCUT2D eigenvalue weighted by molar-refractivity contribution is 9.10. The number of hydrogen-bond donors (Lipinski definition) is 2. The summed E-state index contributed by atoms with van der Waals surface area (Å²) < 4.78 is 6.40. The van der Waals surface area contributed by atoms with E-state index in [4.69, 9.17) is 4.74 Å². The maximum absolute atomic E-state index is 5.26. The van der Waals surface area contributed by atoms with Gasteiger partial charge in [0.25, 0.3) is 0 Å². The van der Waals surface area contributed by atoms with Crippen molar-refractivity contribution in [1.29, 1.82) is 0 Å². The Bertz CT molecular complexity index is 529. The molecule has 0 saturated heterocycles. The molecule has 1 aromatic rings. The minimum Gasteiger partial charge on any atom is -0.385 e. The van der Waals surface area contributed by atoms with Gasteiger partial charge in [0, 0.05) is 38.3 Å². The minimum absolute atomic E-state index is 0.407. The van der Waals surface area contributed by atoms with Crippen LogP contribution in [0.25, 0.3) is 0 Å². The summed E-state index contributed by atoms with van der Waals surface area (Å²) >= 11 is 3.52. The first-order valence-electron chi connectivity index (χ1n) is 8.85. The van der Waals surface area contributed by atoms with Crippen LogP contribution >= 0.6 is 15.9 Å². The topological polar surface area (TPSA) is 45.7 Å². The molecule has 0 heterocycles. The molecule has 0 unspecified atom stereocenters. The molecule has 0 spiro atoms. The zero-order chi connectivity index (χ0) is 17.3. The second-order valence-electron chi connectivity index (χ2n) is 6.68. The molecule has 1 aliphatic rings. The summed E-state index contributed by atoms with van der Waals surface area (Å²) in [4.78, 5) is 4.34. The molecule has 0 aliphatic heterocycles. The van der Waals surface area contributed by atoms with Gasteiger partial charge >= 0.3 is 0 Å². The number of hydrogen-bond acceptors (Lipinski definition) is 2. The van der Waals surface area contributed by atoms with Crippen molar-refractivity contribution in [2.24, 2.45) is 10.4 Å². The van der Waals surface area contributed by atoms with Crippen molar-refractivity contribution in [2.45, 2.75) is 38.5 Å². The van der Waals surface area contributed by atoms with Gasteiger partial charge < -0.3 is 15.4 Å². The summed E-state index contributed by atoms with van der Waals surface area (Å²) in [6, 6.07) is 8.51. The van der Waals surface area contributed by atoms with Crippen LogP contribution in [-0.4, -0.2) is 39.8 Å². The Hall–Kier alpha value is -1.07. The number of benzene rings is 1. The molecule has 0 atom stereocenters. The van der Waals surface area contributed by atoms with Crippen LogP contribution in [0.2, 0.25) is 0 Å². The maximum atomic E-state index is 5.26. The highest BCUT2D eigenvalue weighted by Gasteiger charge is 2.36. The third-order valence-electron chi connectivity index (χ3n) is 4.93.